The number of hydrogen-bond donors (Lipinski definition) is 2. The lowest BCUT2D eigenvalue weighted by Gasteiger charge is -2.09. The number of rotatable bonds is 3. The van der Waals surface area contributed by atoms with Crippen LogP contribution in [0.25, 0.3) is 0 Å². The van der Waals surface area contributed by atoms with Gasteiger partial charge in [-0.25, -0.2) is 0 Å². The molecule has 0 bridgehead atoms. The second-order valence-electron chi connectivity index (χ2n) is 4.22. The number of H-pyrrole nitrogens is 1. The minimum atomic E-state index is -0.0930. The summed E-state index contributed by atoms with van der Waals surface area (Å²) in [5.41, 5.74) is 2.56. The second-order valence-corrected chi connectivity index (χ2v) is 6.40. The lowest BCUT2D eigenvalue weighted by molar-refractivity contribution is -0.115. The van der Waals surface area contributed by atoms with Crippen LogP contribution in [0, 0.1) is 17.8 Å². The van der Waals surface area contributed by atoms with Gasteiger partial charge in [0.1, 0.15) is 0 Å². The fraction of sp³-hybridized carbons (Fsp3) is 0.231. The predicted molar refractivity (Wildman–Crippen MR) is 82.8 cm³/mol. The molecular formula is C13H13ClN2OS2. The number of halogens is 1. The van der Waals surface area contributed by atoms with Gasteiger partial charge in [0.25, 0.3) is 0 Å². The van der Waals surface area contributed by atoms with Crippen LogP contribution in [0.15, 0.2) is 18.2 Å². The molecular weight excluding hydrogens is 300 g/mol. The van der Waals surface area contributed by atoms with Crippen molar-refractivity contribution >= 4 is 46.8 Å². The Morgan fingerprint density at radius 2 is 2.21 bits per heavy atom. The van der Waals surface area contributed by atoms with Crippen molar-refractivity contribution in [2.24, 2.45) is 0 Å². The highest BCUT2D eigenvalue weighted by molar-refractivity contribution is 7.73. The molecule has 0 fully saturated rings. The molecule has 0 unspecified atom stereocenters. The fourth-order valence-electron chi connectivity index (χ4n) is 1.73. The molecule has 1 aromatic carbocycles. The zero-order chi connectivity index (χ0) is 14.0. The Morgan fingerprint density at radius 1 is 1.47 bits per heavy atom. The van der Waals surface area contributed by atoms with Gasteiger partial charge in [-0.3, -0.25) is 4.79 Å². The molecule has 0 aliphatic heterocycles. The maximum atomic E-state index is 12.0. The van der Waals surface area contributed by atoms with Crippen LogP contribution in [0.2, 0.25) is 5.02 Å². The Labute approximate surface area is 125 Å². The van der Waals surface area contributed by atoms with Crippen molar-refractivity contribution in [1.82, 2.24) is 4.98 Å². The van der Waals surface area contributed by atoms with Gasteiger partial charge in [0, 0.05) is 10.6 Å². The van der Waals surface area contributed by atoms with Gasteiger partial charge in [0.2, 0.25) is 5.91 Å². The molecule has 0 spiro atoms. The highest BCUT2D eigenvalue weighted by Crippen LogP contribution is 2.25. The largest absolute Gasteiger partial charge is 0.341 e. The summed E-state index contributed by atoms with van der Waals surface area (Å²) in [6.45, 7) is 3.82. The third-order valence-electron chi connectivity index (χ3n) is 2.73. The summed E-state index contributed by atoms with van der Waals surface area (Å²) in [4.78, 5) is 16.0. The molecule has 19 heavy (non-hydrogen) atoms. The number of benzene rings is 1. The van der Waals surface area contributed by atoms with E-state index in [1.54, 1.807) is 6.07 Å². The summed E-state index contributed by atoms with van der Waals surface area (Å²) in [7, 11) is 0. The van der Waals surface area contributed by atoms with Gasteiger partial charge in [0.15, 0.2) is 3.95 Å². The fourth-order valence-corrected chi connectivity index (χ4v) is 3.28. The van der Waals surface area contributed by atoms with Crippen LogP contribution < -0.4 is 5.32 Å². The average molecular weight is 313 g/mol. The van der Waals surface area contributed by atoms with Crippen molar-refractivity contribution in [1.29, 1.82) is 0 Å². The van der Waals surface area contributed by atoms with Crippen LogP contribution in [-0.4, -0.2) is 10.9 Å². The molecule has 100 valence electrons. The van der Waals surface area contributed by atoms with Crippen molar-refractivity contribution in [3.63, 3.8) is 0 Å². The number of hydrogen-bond acceptors (Lipinski definition) is 3. The quantitative estimate of drug-likeness (QED) is 0.832. The van der Waals surface area contributed by atoms with Crippen molar-refractivity contribution in [3.05, 3.63) is 43.3 Å². The first kappa shape index (κ1) is 14.2. The van der Waals surface area contributed by atoms with Crippen molar-refractivity contribution in [2.75, 3.05) is 5.32 Å². The molecule has 3 nitrogen and oxygen atoms in total. The molecule has 0 atom stereocenters. The first-order valence-electron chi connectivity index (χ1n) is 5.71. The van der Waals surface area contributed by atoms with Crippen molar-refractivity contribution in [2.45, 2.75) is 20.3 Å². The molecule has 2 N–H and O–H groups in total. The van der Waals surface area contributed by atoms with Gasteiger partial charge >= 0.3 is 0 Å². The van der Waals surface area contributed by atoms with Gasteiger partial charge in [0.05, 0.1) is 17.1 Å². The molecule has 6 heteroatoms. The Balaban J connectivity index is 2.14. The van der Waals surface area contributed by atoms with E-state index in [1.165, 1.54) is 11.3 Å². The predicted octanol–water partition coefficient (Wildman–Crippen LogP) is 4.26. The van der Waals surface area contributed by atoms with E-state index >= 15 is 0 Å². The maximum absolute atomic E-state index is 12.0. The molecule has 1 aromatic heterocycles. The lowest BCUT2D eigenvalue weighted by Crippen LogP contribution is -2.15. The first-order chi connectivity index (χ1) is 8.97. The van der Waals surface area contributed by atoms with Crippen LogP contribution >= 0.6 is 35.2 Å². The van der Waals surface area contributed by atoms with Crippen molar-refractivity contribution in [3.8, 4) is 0 Å². The van der Waals surface area contributed by atoms with Gasteiger partial charge in [-0.15, -0.1) is 11.3 Å². The summed E-state index contributed by atoms with van der Waals surface area (Å²) < 4.78 is 0.689. The minimum Gasteiger partial charge on any atom is -0.341 e. The molecule has 1 heterocycles. The number of carbonyl (C=O) groups is 1. The number of nitrogens with one attached hydrogen (secondary N) is 2. The topological polar surface area (TPSA) is 44.9 Å². The molecule has 0 radical (unpaired) electrons. The van der Waals surface area contributed by atoms with Gasteiger partial charge in [-0.05, 0) is 37.7 Å². The number of para-hydroxylation sites is 1. The minimum absolute atomic E-state index is 0.0930. The van der Waals surface area contributed by atoms with Crippen LogP contribution in [0.3, 0.4) is 0 Å². The highest BCUT2D eigenvalue weighted by Gasteiger charge is 2.11. The van der Waals surface area contributed by atoms with Gasteiger partial charge in [-0.1, -0.05) is 23.7 Å². The highest BCUT2D eigenvalue weighted by atomic mass is 35.5. The smallest absolute Gasteiger partial charge is 0.229 e. The molecule has 0 aliphatic carbocycles. The van der Waals surface area contributed by atoms with Crippen LogP contribution in [-0.2, 0) is 11.2 Å². The van der Waals surface area contributed by atoms with Crippen molar-refractivity contribution < 1.29 is 4.79 Å². The van der Waals surface area contributed by atoms with E-state index in [0.717, 1.165) is 16.1 Å². The second kappa shape index (κ2) is 5.86. The number of aromatic nitrogens is 1. The average Bonchev–Trinajstić information content (AvgIpc) is 2.63. The van der Waals surface area contributed by atoms with E-state index in [2.05, 4.69) is 10.3 Å². The van der Waals surface area contributed by atoms with Crippen LogP contribution in [0.5, 0.6) is 0 Å². The van der Waals surface area contributed by atoms with E-state index in [0.29, 0.717) is 21.1 Å². The van der Waals surface area contributed by atoms with E-state index in [9.17, 15) is 4.79 Å². The zero-order valence-electron chi connectivity index (χ0n) is 10.5. The Kier molecular flexibility index (Phi) is 4.39. The van der Waals surface area contributed by atoms with Crippen LogP contribution in [0.1, 0.15) is 16.1 Å². The Hall–Kier alpha value is -1.17. The number of aryl methyl sites for hydroxylation is 2. The molecule has 0 saturated heterocycles. The third kappa shape index (κ3) is 3.43. The summed E-state index contributed by atoms with van der Waals surface area (Å²) in [6, 6.07) is 5.53. The monoisotopic (exact) mass is 312 g/mol. The standard InChI is InChI=1S/C13H13ClN2OS2/c1-7-4-3-5-9(14)12(7)16-11(17)6-10-8(2)15-13(18)19-10/h3-5H,6H2,1-2H3,(H,15,18)(H,16,17). The maximum Gasteiger partial charge on any atom is 0.229 e. The lowest BCUT2D eigenvalue weighted by atomic mass is 10.2. The SMILES string of the molecule is Cc1cccc(Cl)c1NC(=O)Cc1sc(=S)[nH]c1C. The summed E-state index contributed by atoms with van der Waals surface area (Å²) in [5, 5.41) is 3.40. The van der Waals surface area contributed by atoms with E-state index in [1.807, 2.05) is 26.0 Å². The zero-order valence-corrected chi connectivity index (χ0v) is 12.9. The Bertz CT molecular complexity index is 655. The van der Waals surface area contributed by atoms with Crippen LogP contribution in [0.4, 0.5) is 5.69 Å². The number of thiazole rings is 1. The van der Waals surface area contributed by atoms with Gasteiger partial charge in [-0.2, -0.15) is 0 Å². The van der Waals surface area contributed by atoms with E-state index in [4.69, 9.17) is 23.8 Å². The first-order valence-corrected chi connectivity index (χ1v) is 7.31. The number of amides is 1. The third-order valence-corrected chi connectivity index (χ3v) is 4.38. The molecule has 0 saturated carbocycles. The summed E-state index contributed by atoms with van der Waals surface area (Å²) in [5.74, 6) is -0.0930. The number of aromatic amines is 1. The Morgan fingerprint density at radius 3 is 2.79 bits per heavy atom. The summed E-state index contributed by atoms with van der Waals surface area (Å²) in [6.07, 6.45) is 0.300. The number of anilines is 1. The van der Waals surface area contributed by atoms with E-state index < -0.39 is 0 Å². The molecule has 2 aromatic rings. The molecule has 1 amide bonds. The summed E-state index contributed by atoms with van der Waals surface area (Å²) >= 11 is 12.6. The van der Waals surface area contributed by atoms with E-state index in [-0.39, 0.29) is 5.91 Å². The molecule has 2 rings (SSSR count). The normalized spacial score (nSPS) is 10.5. The molecule has 0 aliphatic rings. The van der Waals surface area contributed by atoms with Gasteiger partial charge < -0.3 is 10.3 Å². The number of carbonyl (C=O) groups excluding carboxylic acids is 1.